The molecule has 27 heavy (non-hydrogen) atoms. The summed E-state index contributed by atoms with van der Waals surface area (Å²) >= 11 is 1.51. The molecule has 8 heteroatoms. The molecular formula is C19H25N3O3S2. The number of rotatable bonds is 7. The van der Waals surface area contributed by atoms with Crippen LogP contribution in [0.5, 0.6) is 0 Å². The number of carbonyl (C=O) groups excluding carboxylic acids is 1. The molecule has 1 heterocycles. The normalized spacial score (nSPS) is 12.1. The highest BCUT2D eigenvalue weighted by molar-refractivity contribution is 7.89. The largest absolute Gasteiger partial charge is 0.322 e. The summed E-state index contributed by atoms with van der Waals surface area (Å²) in [6, 6.07) is 3.17. The highest BCUT2D eigenvalue weighted by Crippen LogP contribution is 2.26. The van der Waals surface area contributed by atoms with Crippen molar-refractivity contribution in [2.45, 2.75) is 39.5 Å². The third-order valence-electron chi connectivity index (χ3n) is 4.28. The van der Waals surface area contributed by atoms with E-state index in [4.69, 9.17) is 0 Å². The summed E-state index contributed by atoms with van der Waals surface area (Å²) in [7, 11) is -3.60. The van der Waals surface area contributed by atoms with Gasteiger partial charge in [-0.15, -0.1) is 11.3 Å². The van der Waals surface area contributed by atoms with Gasteiger partial charge in [0.05, 0.1) is 15.6 Å². The molecule has 2 rings (SSSR count). The SMILES string of the molecule is CCN(CC)S(=O)(=O)c1cc(C)c(C)c(NC(=O)/C=C/c2csc(C)n2)c1. The molecule has 1 amide bonds. The predicted molar refractivity (Wildman–Crippen MR) is 111 cm³/mol. The third-order valence-corrected chi connectivity index (χ3v) is 7.10. The molecule has 0 spiro atoms. The molecule has 146 valence electrons. The molecule has 1 aromatic heterocycles. The van der Waals surface area contributed by atoms with E-state index in [0.29, 0.717) is 18.8 Å². The zero-order chi connectivity index (χ0) is 20.2. The molecule has 6 nitrogen and oxygen atoms in total. The quantitative estimate of drug-likeness (QED) is 0.709. The number of hydrogen-bond donors (Lipinski definition) is 1. The smallest absolute Gasteiger partial charge is 0.248 e. The number of aryl methyl sites for hydroxylation is 2. The number of thiazole rings is 1. The molecule has 0 aliphatic carbocycles. The lowest BCUT2D eigenvalue weighted by Gasteiger charge is -2.20. The van der Waals surface area contributed by atoms with Gasteiger partial charge in [-0.1, -0.05) is 13.8 Å². The molecule has 0 radical (unpaired) electrons. The van der Waals surface area contributed by atoms with E-state index >= 15 is 0 Å². The van der Waals surface area contributed by atoms with Crippen LogP contribution in [0.4, 0.5) is 5.69 Å². The van der Waals surface area contributed by atoms with Crippen molar-refractivity contribution in [3.8, 4) is 0 Å². The second-order valence-electron chi connectivity index (χ2n) is 6.12. The highest BCUT2D eigenvalue weighted by atomic mass is 32.2. The van der Waals surface area contributed by atoms with Crippen LogP contribution in [0, 0.1) is 20.8 Å². The number of benzene rings is 1. The average Bonchev–Trinajstić information content (AvgIpc) is 3.03. The van der Waals surface area contributed by atoms with E-state index < -0.39 is 10.0 Å². The first-order valence-corrected chi connectivity index (χ1v) is 11.0. The average molecular weight is 408 g/mol. The van der Waals surface area contributed by atoms with Gasteiger partial charge < -0.3 is 5.32 Å². The number of carbonyl (C=O) groups is 1. The summed E-state index contributed by atoms with van der Waals surface area (Å²) < 4.78 is 27.0. The van der Waals surface area contributed by atoms with Crippen LogP contribution in [0.1, 0.15) is 35.7 Å². The van der Waals surface area contributed by atoms with Gasteiger partial charge in [-0.3, -0.25) is 4.79 Å². The minimum absolute atomic E-state index is 0.184. The summed E-state index contributed by atoms with van der Waals surface area (Å²) in [4.78, 5) is 16.7. The predicted octanol–water partition coefficient (Wildman–Crippen LogP) is 3.75. The van der Waals surface area contributed by atoms with Crippen LogP contribution >= 0.6 is 11.3 Å². The maximum Gasteiger partial charge on any atom is 0.248 e. The van der Waals surface area contributed by atoms with Crippen molar-refractivity contribution in [1.82, 2.24) is 9.29 Å². The van der Waals surface area contributed by atoms with E-state index in [2.05, 4.69) is 10.3 Å². The van der Waals surface area contributed by atoms with Crippen LogP contribution in [-0.2, 0) is 14.8 Å². The van der Waals surface area contributed by atoms with Gasteiger partial charge in [0.1, 0.15) is 0 Å². The minimum Gasteiger partial charge on any atom is -0.322 e. The highest BCUT2D eigenvalue weighted by Gasteiger charge is 2.23. The molecule has 0 saturated carbocycles. The van der Waals surface area contributed by atoms with Gasteiger partial charge in [-0.2, -0.15) is 4.31 Å². The van der Waals surface area contributed by atoms with Gasteiger partial charge in [0, 0.05) is 30.2 Å². The van der Waals surface area contributed by atoms with Crippen molar-refractivity contribution in [3.63, 3.8) is 0 Å². The fourth-order valence-electron chi connectivity index (χ4n) is 2.61. The maximum absolute atomic E-state index is 12.8. The van der Waals surface area contributed by atoms with Crippen molar-refractivity contribution < 1.29 is 13.2 Å². The van der Waals surface area contributed by atoms with E-state index in [1.165, 1.54) is 27.8 Å². The Morgan fingerprint density at radius 3 is 2.44 bits per heavy atom. The molecule has 0 saturated heterocycles. The fraction of sp³-hybridized carbons (Fsp3) is 0.368. The fourth-order valence-corrected chi connectivity index (χ4v) is 4.76. The van der Waals surface area contributed by atoms with Gasteiger partial charge in [-0.05, 0) is 50.1 Å². The van der Waals surface area contributed by atoms with Gasteiger partial charge in [0.2, 0.25) is 15.9 Å². The Hall–Kier alpha value is -2.03. The molecule has 0 bridgehead atoms. The second-order valence-corrected chi connectivity index (χ2v) is 9.12. The molecule has 1 N–H and O–H groups in total. The summed E-state index contributed by atoms with van der Waals surface area (Å²) in [5, 5.41) is 5.58. The van der Waals surface area contributed by atoms with E-state index in [1.807, 2.05) is 26.2 Å². The van der Waals surface area contributed by atoms with Gasteiger partial charge in [0.25, 0.3) is 0 Å². The van der Waals surface area contributed by atoms with Crippen LogP contribution in [0.2, 0.25) is 0 Å². The van der Waals surface area contributed by atoms with Crippen molar-refractivity contribution in [1.29, 1.82) is 0 Å². The number of aromatic nitrogens is 1. The van der Waals surface area contributed by atoms with Crippen molar-refractivity contribution in [2.75, 3.05) is 18.4 Å². The lowest BCUT2D eigenvalue weighted by molar-refractivity contribution is -0.111. The monoisotopic (exact) mass is 407 g/mol. The van der Waals surface area contributed by atoms with Gasteiger partial charge in [0.15, 0.2) is 0 Å². The molecule has 0 atom stereocenters. The van der Waals surface area contributed by atoms with E-state index in [9.17, 15) is 13.2 Å². The Labute approximate surface area is 165 Å². The van der Waals surface area contributed by atoms with Gasteiger partial charge in [-0.25, -0.2) is 13.4 Å². The number of hydrogen-bond acceptors (Lipinski definition) is 5. The standard InChI is InChI=1S/C19H25N3O3S2/c1-6-22(7-2)27(24,25)17-10-13(3)14(4)18(11-17)21-19(23)9-8-16-12-26-15(5)20-16/h8-12H,6-7H2,1-5H3,(H,21,23)/b9-8+. The molecule has 0 aliphatic heterocycles. The van der Waals surface area contributed by atoms with Crippen LogP contribution in [0.25, 0.3) is 6.08 Å². The minimum atomic E-state index is -3.60. The lowest BCUT2D eigenvalue weighted by Crippen LogP contribution is -2.30. The zero-order valence-electron chi connectivity index (χ0n) is 16.2. The van der Waals surface area contributed by atoms with E-state index in [0.717, 1.165) is 21.8 Å². The van der Waals surface area contributed by atoms with Crippen LogP contribution in [0.15, 0.2) is 28.5 Å². The van der Waals surface area contributed by atoms with E-state index in [1.54, 1.807) is 26.0 Å². The molecule has 0 unspecified atom stereocenters. The van der Waals surface area contributed by atoms with Crippen LogP contribution in [-0.4, -0.2) is 36.7 Å². The number of nitrogens with one attached hydrogen (secondary N) is 1. The van der Waals surface area contributed by atoms with E-state index in [-0.39, 0.29) is 10.8 Å². The zero-order valence-corrected chi connectivity index (χ0v) is 17.9. The summed E-state index contributed by atoms with van der Waals surface area (Å²) in [5.74, 6) is -0.333. The first-order chi connectivity index (χ1) is 12.7. The molecule has 0 aliphatic rings. The summed E-state index contributed by atoms with van der Waals surface area (Å²) in [6.07, 6.45) is 3.03. The number of nitrogens with zero attached hydrogens (tertiary/aromatic N) is 2. The number of amides is 1. The second kappa shape index (κ2) is 8.77. The van der Waals surface area contributed by atoms with Gasteiger partial charge >= 0.3 is 0 Å². The Bertz CT molecular complexity index is 959. The Morgan fingerprint density at radius 2 is 1.89 bits per heavy atom. The first kappa shape index (κ1) is 21.3. The maximum atomic E-state index is 12.8. The summed E-state index contributed by atoms with van der Waals surface area (Å²) in [5.41, 5.74) is 2.85. The van der Waals surface area contributed by atoms with Crippen molar-refractivity contribution >= 4 is 39.0 Å². The van der Waals surface area contributed by atoms with Crippen LogP contribution < -0.4 is 5.32 Å². The molecular weight excluding hydrogens is 382 g/mol. The van der Waals surface area contributed by atoms with Crippen molar-refractivity contribution in [2.24, 2.45) is 0 Å². The molecule has 0 fully saturated rings. The Balaban J connectivity index is 2.30. The lowest BCUT2D eigenvalue weighted by atomic mass is 10.1. The first-order valence-electron chi connectivity index (χ1n) is 8.71. The Kier molecular flexibility index (Phi) is 6.91. The molecule has 1 aromatic carbocycles. The topological polar surface area (TPSA) is 79.4 Å². The third kappa shape index (κ3) is 5.03. The summed E-state index contributed by atoms with van der Waals surface area (Å²) in [6.45, 7) is 9.97. The number of sulfonamides is 1. The van der Waals surface area contributed by atoms with Crippen molar-refractivity contribution in [3.05, 3.63) is 45.4 Å². The number of anilines is 1. The van der Waals surface area contributed by atoms with Crippen LogP contribution in [0.3, 0.4) is 0 Å². The molecule has 2 aromatic rings. The Morgan fingerprint density at radius 1 is 1.22 bits per heavy atom.